The highest BCUT2D eigenvalue weighted by molar-refractivity contribution is 6.01. The number of carbonyl (C=O) groups is 4. The lowest BCUT2D eigenvalue weighted by Crippen LogP contribution is -2.69. The van der Waals surface area contributed by atoms with Crippen LogP contribution < -0.4 is 10.2 Å². The van der Waals surface area contributed by atoms with Gasteiger partial charge in [0, 0.05) is 28.7 Å². The molecule has 0 bridgehead atoms. The fraction of sp³-hybridized carbons (Fsp3) is 0.692. The second-order valence-electron chi connectivity index (χ2n) is 11.0. The van der Waals surface area contributed by atoms with E-state index in [0.717, 1.165) is 0 Å². The number of allylic oxidation sites excluding steroid dienone is 4. The summed E-state index contributed by atoms with van der Waals surface area (Å²) in [5.74, 6) is -4.85. The third-order valence-corrected chi connectivity index (χ3v) is 9.32. The Hall–Kier alpha value is -2.43. The van der Waals surface area contributed by atoms with Gasteiger partial charge in [-0.25, -0.2) is 4.39 Å². The Labute approximate surface area is 208 Å². The van der Waals surface area contributed by atoms with Gasteiger partial charge in [-0.3, -0.25) is 9.59 Å². The van der Waals surface area contributed by atoms with E-state index in [0.29, 0.717) is 24.8 Å². The summed E-state index contributed by atoms with van der Waals surface area (Å²) in [5.41, 5.74) is -5.17. The molecule has 9 nitrogen and oxygen atoms in total. The SMILES string of the molecule is C[C@@H]1C[C@H]2[C@@H]3CCC4=CC(=O)C=C[C@]4(C)[C@@]3(F)[C@@H](O)C[C@]2(C)[C@@]1(O)C(=O)CO.O=C([O-])CCC(=O)[O-]. The van der Waals surface area contributed by atoms with Gasteiger partial charge in [0.25, 0.3) is 0 Å². The van der Waals surface area contributed by atoms with Crippen molar-refractivity contribution in [3.05, 3.63) is 23.8 Å². The smallest absolute Gasteiger partial charge is 0.190 e. The first-order chi connectivity index (χ1) is 16.6. The lowest BCUT2D eigenvalue weighted by atomic mass is 9.44. The number of rotatable bonds is 5. The number of aliphatic hydroxyl groups is 3. The molecule has 0 heterocycles. The molecule has 3 N–H and O–H groups in total. The standard InChI is InChI=1S/C22H29FO5.C4H6O4/c1-12-8-16-15-5-4-13-9-14(25)6-7-19(13,2)21(15,23)17(26)10-20(16,3)22(12,28)18(27)11-24;5-3(6)1-2-4(7)8/h6-7,9,12,15-17,24,26,28H,4-5,8,10-11H2,1-3H3;1-2H2,(H,5,6)(H,7,8)/p-2/t12-,15+,16+,17+,19+,20+,21+,22+;/m1./s1. The molecule has 0 spiro atoms. The predicted octanol–water partition coefficient (Wildman–Crippen LogP) is -0.838. The largest absolute Gasteiger partial charge is 0.550 e. The van der Waals surface area contributed by atoms with E-state index in [4.69, 9.17) is 0 Å². The number of carbonyl (C=O) groups excluding carboxylic acids is 4. The van der Waals surface area contributed by atoms with Gasteiger partial charge in [0.2, 0.25) is 0 Å². The van der Waals surface area contributed by atoms with E-state index in [9.17, 15) is 44.7 Å². The third-order valence-electron chi connectivity index (χ3n) is 9.32. The number of aliphatic hydroxyl groups excluding tert-OH is 2. The Balaban J connectivity index is 0.000000392. The molecule has 3 saturated carbocycles. The molecule has 0 unspecified atom stereocenters. The van der Waals surface area contributed by atoms with Crippen LogP contribution in [0.15, 0.2) is 23.8 Å². The maximum atomic E-state index is 16.9. The summed E-state index contributed by atoms with van der Waals surface area (Å²) in [6.07, 6.45) is 3.50. The summed E-state index contributed by atoms with van der Waals surface area (Å²) in [7, 11) is 0. The van der Waals surface area contributed by atoms with E-state index < -0.39 is 77.2 Å². The summed E-state index contributed by atoms with van der Waals surface area (Å²) in [6, 6.07) is 0. The van der Waals surface area contributed by atoms with Gasteiger partial charge in [-0.2, -0.15) is 0 Å². The summed E-state index contributed by atoms with van der Waals surface area (Å²) < 4.78 is 16.9. The van der Waals surface area contributed by atoms with Crippen LogP contribution in [-0.4, -0.2) is 62.8 Å². The molecule has 4 aliphatic carbocycles. The number of hydrogen-bond acceptors (Lipinski definition) is 9. The van der Waals surface area contributed by atoms with Crippen molar-refractivity contribution in [3.63, 3.8) is 0 Å². The van der Waals surface area contributed by atoms with Gasteiger partial charge in [0.05, 0.1) is 6.10 Å². The number of aliphatic carboxylic acids is 2. The van der Waals surface area contributed by atoms with Crippen molar-refractivity contribution in [3.8, 4) is 0 Å². The van der Waals surface area contributed by atoms with E-state index in [1.165, 1.54) is 12.2 Å². The van der Waals surface area contributed by atoms with Crippen LogP contribution in [0.2, 0.25) is 0 Å². The Morgan fingerprint density at radius 1 is 1.14 bits per heavy atom. The van der Waals surface area contributed by atoms with Crippen molar-refractivity contribution in [1.82, 2.24) is 0 Å². The number of fused-ring (bicyclic) bond motifs is 5. The van der Waals surface area contributed by atoms with Crippen molar-refractivity contribution in [2.75, 3.05) is 6.61 Å². The van der Waals surface area contributed by atoms with Gasteiger partial charge in [0.15, 0.2) is 17.2 Å². The molecule has 10 heteroatoms. The highest BCUT2D eigenvalue weighted by Gasteiger charge is 2.75. The molecule has 200 valence electrons. The van der Waals surface area contributed by atoms with Gasteiger partial charge in [0.1, 0.15) is 12.2 Å². The van der Waals surface area contributed by atoms with Gasteiger partial charge in [-0.1, -0.05) is 25.5 Å². The number of ketones is 2. The van der Waals surface area contributed by atoms with E-state index in [1.807, 2.05) is 0 Å². The predicted molar refractivity (Wildman–Crippen MR) is 119 cm³/mol. The van der Waals surface area contributed by atoms with Crippen LogP contribution in [0.1, 0.15) is 59.3 Å². The number of hydrogen-bond donors (Lipinski definition) is 3. The van der Waals surface area contributed by atoms with Crippen LogP contribution in [0.3, 0.4) is 0 Å². The molecule has 0 saturated heterocycles. The molecular formula is C26H33FO9-2. The van der Waals surface area contributed by atoms with Crippen LogP contribution in [0.5, 0.6) is 0 Å². The average Bonchev–Trinajstić information content (AvgIpc) is 3.00. The zero-order chi connectivity index (χ0) is 27.3. The molecular weight excluding hydrogens is 475 g/mol. The fourth-order valence-corrected chi connectivity index (χ4v) is 7.47. The quantitative estimate of drug-likeness (QED) is 0.428. The summed E-state index contributed by atoms with van der Waals surface area (Å²) in [5, 5.41) is 51.0. The highest BCUT2D eigenvalue weighted by Crippen LogP contribution is 2.70. The third kappa shape index (κ3) is 3.94. The van der Waals surface area contributed by atoms with Crippen LogP contribution in [0, 0.1) is 28.6 Å². The minimum Gasteiger partial charge on any atom is -0.550 e. The van der Waals surface area contributed by atoms with Gasteiger partial charge in [-0.05, 0) is 69.4 Å². The molecule has 3 fully saturated rings. The Kier molecular flexibility index (Phi) is 7.40. The molecule has 0 aliphatic heterocycles. The molecule has 0 aromatic heterocycles. The van der Waals surface area contributed by atoms with Crippen LogP contribution in [0.25, 0.3) is 0 Å². The number of halogens is 1. The monoisotopic (exact) mass is 508 g/mol. The number of carboxylic acids is 2. The highest BCUT2D eigenvalue weighted by atomic mass is 19.1. The summed E-state index contributed by atoms with van der Waals surface area (Å²) in [6.45, 7) is 4.48. The maximum absolute atomic E-state index is 16.9. The summed E-state index contributed by atoms with van der Waals surface area (Å²) in [4.78, 5) is 43.4. The Morgan fingerprint density at radius 2 is 1.72 bits per heavy atom. The molecule has 0 amide bonds. The molecule has 4 rings (SSSR count). The zero-order valence-corrected chi connectivity index (χ0v) is 20.7. The number of carboxylic acid groups (broad SMARTS) is 2. The van der Waals surface area contributed by atoms with E-state index in [-0.39, 0.29) is 18.1 Å². The molecule has 36 heavy (non-hydrogen) atoms. The second-order valence-corrected chi connectivity index (χ2v) is 11.0. The van der Waals surface area contributed by atoms with Crippen molar-refractivity contribution >= 4 is 23.5 Å². The fourth-order valence-electron chi connectivity index (χ4n) is 7.47. The first kappa shape index (κ1) is 28.1. The molecule has 0 radical (unpaired) electrons. The minimum atomic E-state index is -1.98. The van der Waals surface area contributed by atoms with Crippen LogP contribution in [-0.2, 0) is 19.2 Å². The Morgan fingerprint density at radius 3 is 2.25 bits per heavy atom. The van der Waals surface area contributed by atoms with Gasteiger partial charge in [-0.15, -0.1) is 0 Å². The number of alkyl halides is 1. The van der Waals surface area contributed by atoms with Crippen molar-refractivity contribution in [2.24, 2.45) is 28.6 Å². The lowest BCUT2D eigenvalue weighted by molar-refractivity contribution is -0.315. The summed E-state index contributed by atoms with van der Waals surface area (Å²) >= 11 is 0. The molecule has 8 atom stereocenters. The van der Waals surface area contributed by atoms with Crippen molar-refractivity contribution in [2.45, 2.75) is 76.7 Å². The van der Waals surface area contributed by atoms with Gasteiger partial charge < -0.3 is 35.1 Å². The van der Waals surface area contributed by atoms with Gasteiger partial charge >= 0.3 is 0 Å². The van der Waals surface area contributed by atoms with Crippen LogP contribution >= 0.6 is 0 Å². The van der Waals surface area contributed by atoms with E-state index in [2.05, 4.69) is 0 Å². The van der Waals surface area contributed by atoms with Crippen molar-refractivity contribution in [1.29, 1.82) is 0 Å². The topological polar surface area (TPSA) is 175 Å². The number of Topliss-reactive ketones (excluding diaryl/α,β-unsaturated/α-hetero) is 1. The second kappa shape index (κ2) is 9.46. The molecule has 4 aliphatic rings. The zero-order valence-electron chi connectivity index (χ0n) is 20.7. The van der Waals surface area contributed by atoms with E-state index >= 15 is 4.39 Å². The first-order valence-electron chi connectivity index (χ1n) is 12.2. The Bertz CT molecular complexity index is 1010. The maximum Gasteiger partial charge on any atom is 0.190 e. The molecule has 0 aromatic carbocycles. The first-order valence-corrected chi connectivity index (χ1v) is 12.2. The van der Waals surface area contributed by atoms with Crippen LogP contribution in [0.4, 0.5) is 4.39 Å². The van der Waals surface area contributed by atoms with Crippen molar-refractivity contribution < 1.29 is 49.1 Å². The molecule has 0 aromatic rings. The normalized spacial score (nSPS) is 42.8. The minimum absolute atomic E-state index is 0.0676. The average molecular weight is 509 g/mol. The van der Waals surface area contributed by atoms with E-state index in [1.54, 1.807) is 26.8 Å². The lowest BCUT2D eigenvalue weighted by Gasteiger charge is -2.62.